The molecular weight excluding hydrogens is 491 g/mol. The third kappa shape index (κ3) is 6.47. The number of halogens is 1. The molecule has 1 aliphatic rings. The molecule has 5 rings (SSSR count). The van der Waals surface area contributed by atoms with Gasteiger partial charge >= 0.3 is 0 Å². The van der Waals surface area contributed by atoms with Crippen molar-refractivity contribution >= 4 is 28.7 Å². The van der Waals surface area contributed by atoms with Gasteiger partial charge in [0.2, 0.25) is 5.91 Å². The Morgan fingerprint density at radius 3 is 2.41 bits per heavy atom. The molecule has 2 unspecified atom stereocenters. The molecule has 1 aliphatic carbocycles. The number of nitrogens with zero attached hydrogens (tertiary/aromatic N) is 1. The number of benzene rings is 3. The predicted octanol–water partition coefficient (Wildman–Crippen LogP) is 6.52. The summed E-state index contributed by atoms with van der Waals surface area (Å²) in [5.41, 5.74) is 5.32. The first-order chi connectivity index (χ1) is 18.9. The SMILES string of the molecule is CC(NC(=O)CC(O)CC(=O)C=Cc1c(C2CC2)nc2ccccc2c1-c1ccc(F)cc1)c1ccccc1. The zero-order chi connectivity index (χ0) is 27.4. The van der Waals surface area contributed by atoms with Gasteiger partial charge in [0.05, 0.1) is 29.8 Å². The molecule has 1 amide bonds. The maximum atomic E-state index is 13.7. The fourth-order valence-corrected chi connectivity index (χ4v) is 4.90. The summed E-state index contributed by atoms with van der Waals surface area (Å²) in [5, 5.41) is 14.2. The second kappa shape index (κ2) is 11.7. The molecule has 0 spiro atoms. The normalized spacial score (nSPS) is 14.8. The highest BCUT2D eigenvalue weighted by molar-refractivity contribution is 6.02. The van der Waals surface area contributed by atoms with Gasteiger partial charge in [-0.25, -0.2) is 4.39 Å². The highest BCUT2D eigenvalue weighted by Gasteiger charge is 2.29. The van der Waals surface area contributed by atoms with E-state index in [1.807, 2.05) is 61.5 Å². The van der Waals surface area contributed by atoms with Crippen LogP contribution in [0.25, 0.3) is 28.1 Å². The van der Waals surface area contributed by atoms with Crippen molar-refractivity contribution < 1.29 is 19.1 Å². The maximum Gasteiger partial charge on any atom is 0.223 e. The van der Waals surface area contributed by atoms with Crippen LogP contribution in [0.4, 0.5) is 4.39 Å². The van der Waals surface area contributed by atoms with Crippen LogP contribution < -0.4 is 5.32 Å². The van der Waals surface area contributed by atoms with Gasteiger partial charge in [0, 0.05) is 28.9 Å². The molecule has 1 fully saturated rings. The third-order valence-corrected chi connectivity index (χ3v) is 7.03. The molecule has 0 radical (unpaired) electrons. The number of aliphatic hydroxyl groups excluding tert-OH is 1. The molecule has 3 aromatic carbocycles. The molecule has 5 nitrogen and oxygen atoms in total. The Bertz CT molecular complexity index is 1510. The average molecular weight is 523 g/mol. The number of nitrogens with one attached hydrogen (secondary N) is 1. The molecular formula is C33H31FN2O3. The van der Waals surface area contributed by atoms with Gasteiger partial charge in [-0.15, -0.1) is 0 Å². The van der Waals surface area contributed by atoms with E-state index in [4.69, 9.17) is 4.98 Å². The van der Waals surface area contributed by atoms with Gasteiger partial charge in [0.15, 0.2) is 5.78 Å². The molecule has 2 atom stereocenters. The zero-order valence-corrected chi connectivity index (χ0v) is 21.8. The molecule has 6 heteroatoms. The Morgan fingerprint density at radius 2 is 1.69 bits per heavy atom. The van der Waals surface area contributed by atoms with Gasteiger partial charge in [0.25, 0.3) is 0 Å². The van der Waals surface area contributed by atoms with Gasteiger partial charge in [-0.2, -0.15) is 0 Å². The maximum absolute atomic E-state index is 13.7. The number of fused-ring (bicyclic) bond motifs is 1. The number of aromatic nitrogens is 1. The van der Waals surface area contributed by atoms with E-state index in [2.05, 4.69) is 5.32 Å². The molecule has 2 N–H and O–H groups in total. The van der Waals surface area contributed by atoms with Crippen LogP contribution in [0.5, 0.6) is 0 Å². The van der Waals surface area contributed by atoms with Gasteiger partial charge in [-0.3, -0.25) is 14.6 Å². The van der Waals surface area contributed by atoms with Crippen molar-refractivity contribution in [3.05, 3.63) is 108 Å². The van der Waals surface area contributed by atoms with E-state index >= 15 is 0 Å². The first-order valence-electron chi connectivity index (χ1n) is 13.3. The monoisotopic (exact) mass is 522 g/mol. The minimum absolute atomic E-state index is 0.164. The average Bonchev–Trinajstić information content (AvgIpc) is 3.77. The lowest BCUT2D eigenvalue weighted by Crippen LogP contribution is -2.30. The minimum Gasteiger partial charge on any atom is -0.392 e. The number of carbonyl (C=O) groups is 2. The molecule has 0 bridgehead atoms. The molecule has 39 heavy (non-hydrogen) atoms. The van der Waals surface area contributed by atoms with Crippen molar-refractivity contribution in [1.82, 2.24) is 10.3 Å². The summed E-state index contributed by atoms with van der Waals surface area (Å²) >= 11 is 0. The lowest BCUT2D eigenvalue weighted by molar-refractivity contribution is -0.124. The summed E-state index contributed by atoms with van der Waals surface area (Å²) in [7, 11) is 0. The van der Waals surface area contributed by atoms with Crippen LogP contribution in [0.2, 0.25) is 0 Å². The Hall–Kier alpha value is -4.16. The van der Waals surface area contributed by atoms with E-state index in [0.717, 1.165) is 51.7 Å². The first kappa shape index (κ1) is 26.4. The van der Waals surface area contributed by atoms with Crippen LogP contribution >= 0.6 is 0 Å². The lowest BCUT2D eigenvalue weighted by Gasteiger charge is -2.16. The van der Waals surface area contributed by atoms with Crippen molar-refractivity contribution in [3.8, 4) is 11.1 Å². The van der Waals surface area contributed by atoms with E-state index in [0.29, 0.717) is 5.92 Å². The number of amides is 1. The number of hydrogen-bond donors (Lipinski definition) is 2. The van der Waals surface area contributed by atoms with Crippen molar-refractivity contribution in [2.24, 2.45) is 0 Å². The van der Waals surface area contributed by atoms with Gasteiger partial charge in [-0.05, 0) is 61.2 Å². The standard InChI is InChI=1S/C33H31FN2O3/c1-21(22-7-3-2-4-8-22)35-31(39)20-27(38)19-26(37)17-18-29-32(23-13-15-25(34)16-14-23)28-9-5-6-10-30(28)36-33(29)24-11-12-24/h2-10,13-18,21,24,27,38H,11-12,19-20H2,1H3,(H,35,39). The molecule has 1 saturated carbocycles. The summed E-state index contributed by atoms with van der Waals surface area (Å²) < 4.78 is 13.7. The third-order valence-electron chi connectivity index (χ3n) is 7.03. The molecule has 198 valence electrons. The Morgan fingerprint density at radius 1 is 1.00 bits per heavy atom. The summed E-state index contributed by atoms with van der Waals surface area (Å²) in [6.07, 6.45) is 3.84. The number of para-hydroxylation sites is 1. The number of ketones is 1. The molecule has 1 aromatic heterocycles. The summed E-state index contributed by atoms with van der Waals surface area (Å²) in [5.74, 6) is -0.609. The van der Waals surface area contributed by atoms with E-state index in [-0.39, 0.29) is 36.4 Å². The number of rotatable bonds is 10. The summed E-state index contributed by atoms with van der Waals surface area (Å²) in [6.45, 7) is 1.88. The van der Waals surface area contributed by atoms with Crippen LogP contribution in [0.3, 0.4) is 0 Å². The van der Waals surface area contributed by atoms with Crippen LogP contribution in [-0.2, 0) is 9.59 Å². The second-order valence-corrected chi connectivity index (χ2v) is 10.1. The smallest absolute Gasteiger partial charge is 0.223 e. The van der Waals surface area contributed by atoms with Gasteiger partial charge in [-0.1, -0.05) is 60.7 Å². The number of aliphatic hydroxyl groups is 1. The van der Waals surface area contributed by atoms with Crippen molar-refractivity contribution in [1.29, 1.82) is 0 Å². The first-order valence-corrected chi connectivity index (χ1v) is 13.3. The highest BCUT2D eigenvalue weighted by atomic mass is 19.1. The highest BCUT2D eigenvalue weighted by Crippen LogP contribution is 2.45. The van der Waals surface area contributed by atoms with Crippen molar-refractivity contribution in [3.63, 3.8) is 0 Å². The summed E-state index contributed by atoms with van der Waals surface area (Å²) in [6, 6.07) is 23.5. The molecule has 0 aliphatic heterocycles. The number of pyridine rings is 1. The van der Waals surface area contributed by atoms with Crippen molar-refractivity contribution in [2.75, 3.05) is 0 Å². The summed E-state index contributed by atoms with van der Waals surface area (Å²) in [4.78, 5) is 30.2. The molecule has 0 saturated heterocycles. The second-order valence-electron chi connectivity index (χ2n) is 10.1. The van der Waals surface area contributed by atoms with Crippen molar-refractivity contribution in [2.45, 2.75) is 50.7 Å². The molecule has 1 heterocycles. The van der Waals surface area contributed by atoms with E-state index in [1.165, 1.54) is 18.2 Å². The van der Waals surface area contributed by atoms with Gasteiger partial charge < -0.3 is 10.4 Å². The fourth-order valence-electron chi connectivity index (χ4n) is 4.90. The topological polar surface area (TPSA) is 79.3 Å². The Balaban J connectivity index is 1.35. The lowest BCUT2D eigenvalue weighted by atomic mass is 9.92. The zero-order valence-electron chi connectivity index (χ0n) is 21.8. The Labute approximate surface area is 227 Å². The van der Waals surface area contributed by atoms with E-state index in [1.54, 1.807) is 18.2 Å². The number of carbonyl (C=O) groups excluding carboxylic acids is 2. The van der Waals surface area contributed by atoms with Gasteiger partial charge in [0.1, 0.15) is 5.82 Å². The fraction of sp³-hybridized carbons (Fsp3) is 0.242. The van der Waals surface area contributed by atoms with E-state index < -0.39 is 6.10 Å². The molecule has 4 aromatic rings. The minimum atomic E-state index is -1.10. The van der Waals surface area contributed by atoms with Crippen LogP contribution in [-0.4, -0.2) is 27.9 Å². The van der Waals surface area contributed by atoms with E-state index in [9.17, 15) is 19.1 Å². The predicted molar refractivity (Wildman–Crippen MR) is 151 cm³/mol. The van der Waals surface area contributed by atoms with Crippen LogP contribution in [0, 0.1) is 5.82 Å². The largest absolute Gasteiger partial charge is 0.392 e. The van der Waals surface area contributed by atoms with Crippen LogP contribution in [0.15, 0.2) is 84.9 Å². The van der Waals surface area contributed by atoms with Crippen LogP contribution in [0.1, 0.15) is 61.4 Å². The number of hydrogen-bond acceptors (Lipinski definition) is 4. The number of allylic oxidation sites excluding steroid dienone is 1. The Kier molecular flexibility index (Phi) is 7.94. The quantitative estimate of drug-likeness (QED) is 0.233.